The number of ether oxygens (including phenoxy) is 1. The Morgan fingerprint density at radius 3 is 2.84 bits per heavy atom. The Kier molecular flexibility index (Phi) is 5.53. The first-order valence-electron chi connectivity index (χ1n) is 7.58. The lowest BCUT2D eigenvalue weighted by atomic mass is 10.2. The smallest absolute Gasteiger partial charge is 0.208 e. The molecule has 0 aliphatic carbocycles. The van der Waals surface area contributed by atoms with Gasteiger partial charge in [0.15, 0.2) is 0 Å². The number of nitrogens with one attached hydrogen (secondary N) is 1. The van der Waals surface area contributed by atoms with Crippen molar-refractivity contribution in [1.29, 1.82) is 0 Å². The molecule has 25 heavy (non-hydrogen) atoms. The molecule has 1 aromatic carbocycles. The molecule has 0 spiro atoms. The van der Waals surface area contributed by atoms with Crippen LogP contribution in [0.2, 0.25) is 0 Å². The molecule has 0 atom stereocenters. The van der Waals surface area contributed by atoms with Crippen LogP contribution in [0.1, 0.15) is 4.88 Å². The molecule has 1 N–H and O–H groups in total. The summed E-state index contributed by atoms with van der Waals surface area (Å²) in [6.07, 6.45) is 1.84. The van der Waals surface area contributed by atoms with E-state index in [9.17, 15) is 8.42 Å². The van der Waals surface area contributed by atoms with Crippen molar-refractivity contribution in [2.45, 2.75) is 6.42 Å². The number of benzene rings is 1. The van der Waals surface area contributed by atoms with E-state index >= 15 is 0 Å². The van der Waals surface area contributed by atoms with Crippen molar-refractivity contribution in [3.8, 4) is 26.9 Å². The van der Waals surface area contributed by atoms with E-state index in [1.165, 1.54) is 6.26 Å². The van der Waals surface area contributed by atoms with Crippen molar-refractivity contribution in [2.24, 2.45) is 0 Å². The number of rotatable bonds is 7. The van der Waals surface area contributed by atoms with E-state index in [1.807, 2.05) is 41.8 Å². The number of sulfonamides is 1. The van der Waals surface area contributed by atoms with Crippen LogP contribution in [0.4, 0.5) is 0 Å². The van der Waals surface area contributed by atoms with Crippen molar-refractivity contribution < 1.29 is 13.2 Å². The first-order valence-corrected chi connectivity index (χ1v) is 11.2. The predicted octanol–water partition coefficient (Wildman–Crippen LogP) is 3.64. The van der Waals surface area contributed by atoms with Gasteiger partial charge < -0.3 is 4.74 Å². The average Bonchev–Trinajstić information content (AvgIpc) is 3.22. The first kappa shape index (κ1) is 18.1. The van der Waals surface area contributed by atoms with Gasteiger partial charge in [-0.2, -0.15) is 0 Å². The van der Waals surface area contributed by atoms with Crippen LogP contribution in [-0.2, 0) is 16.4 Å². The van der Waals surface area contributed by atoms with E-state index in [4.69, 9.17) is 9.72 Å². The van der Waals surface area contributed by atoms with E-state index < -0.39 is 10.0 Å². The summed E-state index contributed by atoms with van der Waals surface area (Å²) in [6, 6.07) is 11.9. The molecule has 5 nitrogen and oxygen atoms in total. The Hall–Kier alpha value is -1.74. The topological polar surface area (TPSA) is 68.3 Å². The minimum Gasteiger partial charge on any atom is -0.497 e. The van der Waals surface area contributed by atoms with Gasteiger partial charge in [0, 0.05) is 22.4 Å². The number of thiazole rings is 1. The maximum Gasteiger partial charge on any atom is 0.208 e. The van der Waals surface area contributed by atoms with Gasteiger partial charge in [-0.3, -0.25) is 0 Å². The lowest BCUT2D eigenvalue weighted by Crippen LogP contribution is -2.23. The zero-order valence-corrected chi connectivity index (χ0v) is 16.3. The summed E-state index contributed by atoms with van der Waals surface area (Å²) in [6.45, 7) is 0.408. The zero-order chi connectivity index (χ0) is 17.9. The maximum atomic E-state index is 11.1. The van der Waals surface area contributed by atoms with Crippen LogP contribution in [0.5, 0.6) is 5.75 Å². The standard InChI is InChI=1S/C17H18N2O3S3/c1-22-13-5-3-4-12(10-13)17-19-15(11-23-17)16-7-6-14(24-16)8-9-18-25(2,20)21/h3-7,10-11,18H,8-9H2,1-2H3. The molecule has 0 saturated carbocycles. The van der Waals surface area contributed by atoms with Gasteiger partial charge in [0.05, 0.1) is 23.9 Å². The number of hydrogen-bond donors (Lipinski definition) is 1. The van der Waals surface area contributed by atoms with Gasteiger partial charge in [0.2, 0.25) is 10.0 Å². The summed E-state index contributed by atoms with van der Waals surface area (Å²) in [4.78, 5) is 6.93. The van der Waals surface area contributed by atoms with Crippen molar-refractivity contribution in [3.63, 3.8) is 0 Å². The molecule has 3 aromatic rings. The quantitative estimate of drug-likeness (QED) is 0.664. The minimum absolute atomic E-state index is 0.408. The number of nitrogens with zero attached hydrogens (tertiary/aromatic N) is 1. The van der Waals surface area contributed by atoms with Gasteiger partial charge in [0.25, 0.3) is 0 Å². The number of aromatic nitrogens is 1. The molecule has 0 fully saturated rings. The van der Waals surface area contributed by atoms with Crippen LogP contribution < -0.4 is 9.46 Å². The Balaban J connectivity index is 1.72. The zero-order valence-electron chi connectivity index (χ0n) is 13.9. The molecule has 2 aromatic heterocycles. The summed E-state index contributed by atoms with van der Waals surface area (Å²) < 4.78 is 30.0. The third kappa shape index (κ3) is 4.88. The second-order valence-corrected chi connectivity index (χ2v) is 9.31. The molecule has 8 heteroatoms. The van der Waals surface area contributed by atoms with Gasteiger partial charge in [-0.25, -0.2) is 18.1 Å². The molecule has 132 valence electrons. The van der Waals surface area contributed by atoms with E-state index in [0.29, 0.717) is 13.0 Å². The Bertz CT molecular complexity index is 961. The largest absolute Gasteiger partial charge is 0.497 e. The Labute approximate surface area is 155 Å². The van der Waals surface area contributed by atoms with Gasteiger partial charge in [-0.05, 0) is 30.7 Å². The highest BCUT2D eigenvalue weighted by molar-refractivity contribution is 7.88. The fourth-order valence-corrected chi connectivity index (χ4v) is 4.62. The number of methoxy groups -OCH3 is 1. The van der Waals surface area contributed by atoms with E-state index in [2.05, 4.69) is 4.72 Å². The molecular weight excluding hydrogens is 376 g/mol. The second-order valence-electron chi connectivity index (χ2n) is 5.45. The van der Waals surface area contributed by atoms with Gasteiger partial charge in [-0.1, -0.05) is 12.1 Å². The van der Waals surface area contributed by atoms with Gasteiger partial charge in [0.1, 0.15) is 10.8 Å². The minimum atomic E-state index is -3.14. The third-order valence-electron chi connectivity index (χ3n) is 3.47. The van der Waals surface area contributed by atoms with Crippen LogP contribution in [0.15, 0.2) is 41.8 Å². The normalized spacial score (nSPS) is 11.6. The van der Waals surface area contributed by atoms with Gasteiger partial charge >= 0.3 is 0 Å². The molecule has 0 bridgehead atoms. The van der Waals surface area contributed by atoms with Crippen molar-refractivity contribution in [1.82, 2.24) is 9.71 Å². The third-order valence-corrected chi connectivity index (χ3v) is 6.26. The Morgan fingerprint density at radius 2 is 2.08 bits per heavy atom. The molecule has 2 heterocycles. The predicted molar refractivity (Wildman–Crippen MR) is 104 cm³/mol. The molecule has 0 aliphatic heterocycles. The fraction of sp³-hybridized carbons (Fsp3) is 0.235. The molecule has 0 amide bonds. The fourth-order valence-electron chi connectivity index (χ4n) is 2.29. The summed E-state index contributed by atoms with van der Waals surface area (Å²) in [7, 11) is -1.49. The number of hydrogen-bond acceptors (Lipinski definition) is 6. The summed E-state index contributed by atoms with van der Waals surface area (Å²) >= 11 is 3.23. The highest BCUT2D eigenvalue weighted by Gasteiger charge is 2.10. The first-order chi connectivity index (χ1) is 11.9. The highest BCUT2D eigenvalue weighted by Crippen LogP contribution is 2.33. The van der Waals surface area contributed by atoms with Crippen molar-refractivity contribution in [2.75, 3.05) is 19.9 Å². The summed E-state index contributed by atoms with van der Waals surface area (Å²) in [5.74, 6) is 0.811. The second kappa shape index (κ2) is 7.65. The van der Waals surface area contributed by atoms with Gasteiger partial charge in [-0.15, -0.1) is 22.7 Å². The molecular formula is C17H18N2O3S3. The number of thiophene rings is 1. The van der Waals surface area contributed by atoms with Crippen LogP contribution in [-0.4, -0.2) is 33.3 Å². The van der Waals surface area contributed by atoms with E-state index in [1.54, 1.807) is 29.8 Å². The Morgan fingerprint density at radius 1 is 1.24 bits per heavy atom. The maximum absolute atomic E-state index is 11.1. The van der Waals surface area contributed by atoms with Crippen LogP contribution in [0.25, 0.3) is 21.1 Å². The lowest BCUT2D eigenvalue weighted by molar-refractivity contribution is 0.415. The molecule has 0 aliphatic rings. The van der Waals surface area contributed by atoms with Crippen LogP contribution in [0, 0.1) is 0 Å². The van der Waals surface area contributed by atoms with E-state index in [-0.39, 0.29) is 0 Å². The summed E-state index contributed by atoms with van der Waals surface area (Å²) in [5, 5.41) is 2.99. The van der Waals surface area contributed by atoms with Crippen LogP contribution >= 0.6 is 22.7 Å². The lowest BCUT2D eigenvalue weighted by Gasteiger charge is -2.01. The molecule has 0 saturated heterocycles. The monoisotopic (exact) mass is 394 g/mol. The van der Waals surface area contributed by atoms with E-state index in [0.717, 1.165) is 31.8 Å². The van der Waals surface area contributed by atoms with Crippen molar-refractivity contribution in [3.05, 3.63) is 46.7 Å². The van der Waals surface area contributed by atoms with Crippen molar-refractivity contribution >= 4 is 32.7 Å². The average molecular weight is 395 g/mol. The SMILES string of the molecule is COc1cccc(-c2nc(-c3ccc(CCNS(C)(=O)=O)s3)cs2)c1. The van der Waals surface area contributed by atoms with Crippen LogP contribution in [0.3, 0.4) is 0 Å². The summed E-state index contributed by atoms with van der Waals surface area (Å²) in [5.41, 5.74) is 1.97. The molecule has 0 radical (unpaired) electrons. The molecule has 0 unspecified atom stereocenters. The highest BCUT2D eigenvalue weighted by atomic mass is 32.2. The molecule has 3 rings (SSSR count).